The Morgan fingerprint density at radius 3 is 3.05 bits per heavy atom. The molecule has 10 heteroatoms. The van der Waals surface area contributed by atoms with Gasteiger partial charge in [0.25, 0.3) is 0 Å². The molecule has 3 rings (SSSR count). The Bertz CT molecular complexity index is 694. The van der Waals surface area contributed by atoms with Crippen LogP contribution in [0.2, 0.25) is 0 Å². The summed E-state index contributed by atoms with van der Waals surface area (Å²) < 4.78 is 7.19. The summed E-state index contributed by atoms with van der Waals surface area (Å²) >= 11 is 0. The van der Waals surface area contributed by atoms with Crippen LogP contribution in [0.1, 0.15) is 13.2 Å². The van der Waals surface area contributed by atoms with E-state index >= 15 is 0 Å². The first-order valence-corrected chi connectivity index (χ1v) is 5.94. The number of fused-ring (bicyclic) bond motifs is 1. The van der Waals surface area contributed by atoms with Crippen LogP contribution in [-0.4, -0.2) is 42.9 Å². The van der Waals surface area contributed by atoms with Crippen LogP contribution >= 0.6 is 0 Å². The zero-order valence-electron chi connectivity index (χ0n) is 10.5. The third-order valence-electron chi connectivity index (χ3n) is 3.32. The molecule has 1 fully saturated rings. The summed E-state index contributed by atoms with van der Waals surface area (Å²) in [5.74, 6) is 0.251. The van der Waals surface area contributed by atoms with Gasteiger partial charge in [-0.15, -0.1) is 0 Å². The summed E-state index contributed by atoms with van der Waals surface area (Å²) in [4.78, 5) is 14.8. The molecule has 0 spiro atoms. The number of anilines is 1. The Morgan fingerprint density at radius 2 is 2.30 bits per heavy atom. The van der Waals surface area contributed by atoms with Crippen molar-refractivity contribution in [3.63, 3.8) is 0 Å². The van der Waals surface area contributed by atoms with Gasteiger partial charge in [-0.25, -0.2) is 15.0 Å². The first-order chi connectivity index (χ1) is 9.63. The molecule has 3 heterocycles. The van der Waals surface area contributed by atoms with Crippen molar-refractivity contribution in [2.75, 3.05) is 5.73 Å². The van der Waals surface area contributed by atoms with Crippen molar-refractivity contribution < 1.29 is 9.84 Å². The highest BCUT2D eigenvalue weighted by Gasteiger charge is 2.42. The van der Waals surface area contributed by atoms with Crippen molar-refractivity contribution in [2.24, 2.45) is 5.11 Å². The van der Waals surface area contributed by atoms with Gasteiger partial charge in [0.15, 0.2) is 17.7 Å². The Labute approximate surface area is 112 Å². The molecule has 0 bridgehead atoms. The van der Waals surface area contributed by atoms with E-state index in [-0.39, 0.29) is 5.82 Å². The Balaban J connectivity index is 2.04. The molecule has 1 aliphatic heterocycles. The highest BCUT2D eigenvalue weighted by atomic mass is 16.5. The molecular formula is C10H12N8O2. The predicted molar refractivity (Wildman–Crippen MR) is 68.3 cm³/mol. The molecule has 10 nitrogen and oxygen atoms in total. The van der Waals surface area contributed by atoms with E-state index in [2.05, 4.69) is 25.0 Å². The summed E-state index contributed by atoms with van der Waals surface area (Å²) in [7, 11) is 0. The van der Waals surface area contributed by atoms with E-state index in [1.54, 1.807) is 11.5 Å². The van der Waals surface area contributed by atoms with E-state index in [9.17, 15) is 5.11 Å². The van der Waals surface area contributed by atoms with Crippen molar-refractivity contribution in [2.45, 2.75) is 31.4 Å². The van der Waals surface area contributed by atoms with Gasteiger partial charge in [-0.05, 0) is 12.5 Å². The number of nitrogen functional groups attached to an aromatic ring is 1. The SMILES string of the molecule is CC1OC(n2cnc3c(N)ncnc32)C(O)C1N=[N+]=[N-]. The Kier molecular flexibility index (Phi) is 2.90. The third kappa shape index (κ3) is 1.74. The summed E-state index contributed by atoms with van der Waals surface area (Å²) in [6, 6.07) is -0.665. The number of aliphatic hydroxyl groups is 1. The lowest BCUT2D eigenvalue weighted by Gasteiger charge is -2.16. The molecular weight excluding hydrogens is 264 g/mol. The highest BCUT2D eigenvalue weighted by molar-refractivity contribution is 5.81. The topological polar surface area (TPSA) is 148 Å². The number of hydrogen-bond acceptors (Lipinski definition) is 7. The number of ether oxygens (including phenoxy) is 1. The minimum atomic E-state index is -0.991. The normalized spacial score (nSPS) is 29.5. The molecule has 0 amide bonds. The van der Waals surface area contributed by atoms with Crippen LogP contribution in [0.3, 0.4) is 0 Å². The molecule has 1 saturated heterocycles. The molecule has 4 unspecified atom stereocenters. The second-order valence-corrected chi connectivity index (χ2v) is 4.50. The number of aromatic nitrogens is 4. The summed E-state index contributed by atoms with van der Waals surface area (Å²) in [5.41, 5.74) is 15.1. The fourth-order valence-corrected chi connectivity index (χ4v) is 2.34. The number of hydrogen-bond donors (Lipinski definition) is 2. The van der Waals surface area contributed by atoms with E-state index in [1.807, 2.05) is 0 Å². The molecule has 0 aliphatic carbocycles. The third-order valence-corrected chi connectivity index (χ3v) is 3.32. The average Bonchev–Trinajstić information content (AvgIpc) is 2.96. The lowest BCUT2D eigenvalue weighted by molar-refractivity contribution is -0.0297. The van der Waals surface area contributed by atoms with Crippen LogP contribution in [0.15, 0.2) is 17.8 Å². The fourth-order valence-electron chi connectivity index (χ4n) is 2.34. The van der Waals surface area contributed by atoms with Crippen LogP contribution in [-0.2, 0) is 4.74 Å². The van der Waals surface area contributed by atoms with Gasteiger partial charge in [0, 0.05) is 4.91 Å². The zero-order chi connectivity index (χ0) is 14.3. The van der Waals surface area contributed by atoms with Crippen LogP contribution in [0.4, 0.5) is 5.82 Å². The van der Waals surface area contributed by atoms with Gasteiger partial charge in [-0.3, -0.25) is 4.57 Å². The van der Waals surface area contributed by atoms with Crippen molar-refractivity contribution in [3.05, 3.63) is 23.1 Å². The number of imidazole rings is 1. The summed E-state index contributed by atoms with van der Waals surface area (Å²) in [6.07, 6.45) is 0.636. The largest absolute Gasteiger partial charge is 0.388 e. The molecule has 0 radical (unpaired) electrons. The van der Waals surface area contributed by atoms with Crippen LogP contribution in [0, 0.1) is 0 Å². The number of aliphatic hydroxyl groups excluding tert-OH is 1. The molecule has 3 N–H and O–H groups in total. The molecule has 2 aromatic heterocycles. The maximum atomic E-state index is 10.2. The number of nitrogens with two attached hydrogens (primary N) is 1. The van der Waals surface area contributed by atoms with E-state index in [0.717, 1.165) is 0 Å². The van der Waals surface area contributed by atoms with Gasteiger partial charge >= 0.3 is 0 Å². The minimum Gasteiger partial charge on any atom is -0.388 e. The number of azide groups is 1. The fraction of sp³-hybridized carbons (Fsp3) is 0.500. The van der Waals surface area contributed by atoms with E-state index in [4.69, 9.17) is 16.0 Å². The lowest BCUT2D eigenvalue weighted by Crippen LogP contribution is -2.28. The summed E-state index contributed by atoms with van der Waals surface area (Å²) in [5, 5.41) is 13.8. The van der Waals surface area contributed by atoms with Crippen LogP contribution in [0.25, 0.3) is 21.6 Å². The van der Waals surface area contributed by atoms with Gasteiger partial charge in [0.1, 0.15) is 17.9 Å². The zero-order valence-corrected chi connectivity index (χ0v) is 10.5. The predicted octanol–water partition coefficient (Wildman–Crippen LogP) is 0.366. The minimum absolute atomic E-state index is 0.251. The highest BCUT2D eigenvalue weighted by Crippen LogP contribution is 2.33. The van der Waals surface area contributed by atoms with Crippen molar-refractivity contribution >= 4 is 17.0 Å². The van der Waals surface area contributed by atoms with Crippen LogP contribution < -0.4 is 5.73 Å². The van der Waals surface area contributed by atoms with Crippen LogP contribution in [0.5, 0.6) is 0 Å². The molecule has 20 heavy (non-hydrogen) atoms. The van der Waals surface area contributed by atoms with Gasteiger partial charge in [0.2, 0.25) is 0 Å². The monoisotopic (exact) mass is 276 g/mol. The van der Waals surface area contributed by atoms with Crippen molar-refractivity contribution in [1.29, 1.82) is 0 Å². The Morgan fingerprint density at radius 1 is 1.50 bits per heavy atom. The molecule has 104 valence electrons. The average molecular weight is 276 g/mol. The van der Waals surface area contributed by atoms with Crippen molar-refractivity contribution in [1.82, 2.24) is 19.5 Å². The van der Waals surface area contributed by atoms with Gasteiger partial charge < -0.3 is 15.6 Å². The second kappa shape index (κ2) is 4.60. The first-order valence-electron chi connectivity index (χ1n) is 5.94. The second-order valence-electron chi connectivity index (χ2n) is 4.50. The number of nitrogens with zero attached hydrogens (tertiary/aromatic N) is 7. The summed E-state index contributed by atoms with van der Waals surface area (Å²) in [6.45, 7) is 1.73. The van der Waals surface area contributed by atoms with Crippen molar-refractivity contribution in [3.8, 4) is 0 Å². The van der Waals surface area contributed by atoms with E-state index < -0.39 is 24.5 Å². The lowest BCUT2D eigenvalue weighted by atomic mass is 10.1. The molecule has 2 aromatic rings. The smallest absolute Gasteiger partial charge is 0.167 e. The molecule has 0 aromatic carbocycles. The molecule has 1 aliphatic rings. The molecule has 4 atom stereocenters. The maximum absolute atomic E-state index is 10.2. The van der Waals surface area contributed by atoms with E-state index in [0.29, 0.717) is 11.2 Å². The van der Waals surface area contributed by atoms with Gasteiger partial charge in [-0.2, -0.15) is 0 Å². The van der Waals surface area contributed by atoms with E-state index in [1.165, 1.54) is 12.7 Å². The van der Waals surface area contributed by atoms with Gasteiger partial charge in [0.05, 0.1) is 18.5 Å². The first kappa shape index (κ1) is 12.6. The Hall–Kier alpha value is -2.42. The standard InChI is InChI=1S/C10H12N8O2/c1-4-5(16-17-12)7(19)10(20-4)18-3-15-6-8(11)13-2-14-9(6)18/h2-5,7,10,19H,1H3,(H2,11,13,14). The quantitative estimate of drug-likeness (QED) is 0.459. The maximum Gasteiger partial charge on any atom is 0.167 e. The number of rotatable bonds is 2. The molecule has 0 saturated carbocycles. The van der Waals surface area contributed by atoms with Gasteiger partial charge in [-0.1, -0.05) is 5.11 Å².